The van der Waals surface area contributed by atoms with Crippen LogP contribution in [0.3, 0.4) is 0 Å². The summed E-state index contributed by atoms with van der Waals surface area (Å²) >= 11 is 1.75. The molecule has 3 aromatic heterocycles. The highest BCUT2D eigenvalue weighted by Gasteiger charge is 2.30. The fraction of sp³-hybridized carbons (Fsp3) is 0.500. The summed E-state index contributed by atoms with van der Waals surface area (Å²) in [6.45, 7) is 7.27. The van der Waals surface area contributed by atoms with Crippen molar-refractivity contribution in [2.75, 3.05) is 0 Å². The first kappa shape index (κ1) is 16.9. The largest absolute Gasteiger partial charge is 0.418 e. The minimum atomic E-state index is 0.129. The molecule has 0 radical (unpaired) electrons. The lowest BCUT2D eigenvalue weighted by atomic mass is 9.72. The molecule has 3 aromatic rings. The van der Waals surface area contributed by atoms with E-state index in [-0.39, 0.29) is 5.82 Å². The molecular formula is C18H20N6OS. The standard InChI is InChI=1S/C18H20N6OS/c1-18(2,3)12-4-5-13-11(6-12)7-14(26-13)17-22-21-16(25-17)9-24-10-20-15(8-19)23-24/h7,10,12H,4-6,9H2,1-3H3. The molecule has 1 unspecified atom stereocenters. The second-order valence-electron chi connectivity index (χ2n) is 7.74. The number of nitriles is 1. The number of hydrogen-bond acceptors (Lipinski definition) is 7. The molecule has 3 heterocycles. The first-order chi connectivity index (χ1) is 12.4. The zero-order valence-corrected chi connectivity index (χ0v) is 15.9. The molecule has 0 amide bonds. The number of aryl methyl sites for hydroxylation is 1. The normalized spacial score (nSPS) is 17.1. The van der Waals surface area contributed by atoms with Gasteiger partial charge in [0.25, 0.3) is 11.7 Å². The van der Waals surface area contributed by atoms with Crippen LogP contribution < -0.4 is 0 Å². The molecule has 1 aliphatic carbocycles. The van der Waals surface area contributed by atoms with Crippen LogP contribution in [0.5, 0.6) is 0 Å². The maximum Gasteiger partial charge on any atom is 0.257 e. The number of thiophene rings is 1. The highest BCUT2D eigenvalue weighted by Crippen LogP contribution is 2.42. The van der Waals surface area contributed by atoms with E-state index >= 15 is 0 Å². The van der Waals surface area contributed by atoms with Crippen LogP contribution in [0.4, 0.5) is 0 Å². The molecule has 0 N–H and O–H groups in total. The fourth-order valence-electron chi connectivity index (χ4n) is 3.35. The Labute approximate surface area is 155 Å². The Hall–Kier alpha value is -2.53. The lowest BCUT2D eigenvalue weighted by Crippen LogP contribution is -2.26. The van der Waals surface area contributed by atoms with E-state index in [4.69, 9.17) is 9.68 Å². The number of aromatic nitrogens is 5. The van der Waals surface area contributed by atoms with Gasteiger partial charge in [-0.2, -0.15) is 5.26 Å². The summed E-state index contributed by atoms with van der Waals surface area (Å²) < 4.78 is 7.32. The summed E-state index contributed by atoms with van der Waals surface area (Å²) in [5.74, 6) is 1.84. The third-order valence-corrected chi connectivity index (χ3v) is 6.14. The average Bonchev–Trinajstić information content (AvgIpc) is 3.32. The monoisotopic (exact) mass is 368 g/mol. The van der Waals surface area contributed by atoms with Gasteiger partial charge >= 0.3 is 0 Å². The van der Waals surface area contributed by atoms with Gasteiger partial charge in [0.15, 0.2) is 0 Å². The zero-order chi connectivity index (χ0) is 18.3. The van der Waals surface area contributed by atoms with Crippen LogP contribution in [0.15, 0.2) is 16.8 Å². The molecule has 0 spiro atoms. The smallest absolute Gasteiger partial charge is 0.257 e. The van der Waals surface area contributed by atoms with Crippen molar-refractivity contribution in [3.8, 4) is 16.8 Å². The molecule has 1 aliphatic rings. The van der Waals surface area contributed by atoms with Gasteiger partial charge in [-0.3, -0.25) is 0 Å². The molecule has 4 rings (SSSR count). The molecule has 1 atom stereocenters. The second kappa shape index (κ2) is 6.32. The van der Waals surface area contributed by atoms with Gasteiger partial charge < -0.3 is 4.42 Å². The maximum absolute atomic E-state index is 8.78. The summed E-state index contributed by atoms with van der Waals surface area (Å²) in [4.78, 5) is 6.34. The topological polar surface area (TPSA) is 93.4 Å². The molecule has 0 saturated carbocycles. The third-order valence-electron chi connectivity index (χ3n) is 4.92. The van der Waals surface area contributed by atoms with Crippen molar-refractivity contribution < 1.29 is 4.42 Å². The van der Waals surface area contributed by atoms with E-state index in [2.05, 4.69) is 47.1 Å². The minimum absolute atomic E-state index is 0.129. The quantitative estimate of drug-likeness (QED) is 0.703. The number of rotatable bonds is 3. The number of nitrogens with zero attached hydrogens (tertiary/aromatic N) is 6. The average molecular weight is 368 g/mol. The van der Waals surface area contributed by atoms with Crippen molar-refractivity contribution in [2.45, 2.75) is 46.6 Å². The SMILES string of the molecule is CC(C)(C)C1CCc2sc(-c3nnc(Cn4cnc(C#N)n4)o3)cc2C1. The Bertz CT molecular complexity index is 971. The van der Waals surface area contributed by atoms with Gasteiger partial charge in [0, 0.05) is 4.88 Å². The van der Waals surface area contributed by atoms with Crippen molar-refractivity contribution in [2.24, 2.45) is 11.3 Å². The summed E-state index contributed by atoms with van der Waals surface area (Å²) in [7, 11) is 0. The van der Waals surface area contributed by atoms with Crippen LogP contribution in [-0.2, 0) is 19.4 Å². The van der Waals surface area contributed by atoms with Gasteiger partial charge in [-0.05, 0) is 42.2 Å². The molecule has 0 saturated heterocycles. The van der Waals surface area contributed by atoms with Crippen molar-refractivity contribution in [3.63, 3.8) is 0 Å². The van der Waals surface area contributed by atoms with Crippen molar-refractivity contribution >= 4 is 11.3 Å². The van der Waals surface area contributed by atoms with E-state index in [1.807, 2.05) is 6.07 Å². The highest BCUT2D eigenvalue weighted by atomic mass is 32.1. The Morgan fingerprint density at radius 3 is 2.96 bits per heavy atom. The van der Waals surface area contributed by atoms with Crippen LogP contribution in [0.1, 0.15) is 49.3 Å². The highest BCUT2D eigenvalue weighted by molar-refractivity contribution is 7.15. The van der Waals surface area contributed by atoms with Gasteiger partial charge in [-0.1, -0.05) is 20.8 Å². The van der Waals surface area contributed by atoms with Gasteiger partial charge in [-0.15, -0.1) is 26.6 Å². The lowest BCUT2D eigenvalue weighted by Gasteiger charge is -2.33. The third kappa shape index (κ3) is 3.27. The Balaban J connectivity index is 1.52. The van der Waals surface area contributed by atoms with Gasteiger partial charge in [0.2, 0.25) is 5.89 Å². The summed E-state index contributed by atoms with van der Waals surface area (Å²) in [5.41, 5.74) is 1.75. The number of fused-ring (bicyclic) bond motifs is 1. The zero-order valence-electron chi connectivity index (χ0n) is 15.1. The Morgan fingerprint density at radius 2 is 2.23 bits per heavy atom. The van der Waals surface area contributed by atoms with Crippen LogP contribution >= 0.6 is 11.3 Å². The molecule has 0 fully saturated rings. The van der Waals surface area contributed by atoms with Crippen molar-refractivity contribution in [1.29, 1.82) is 5.26 Å². The Kier molecular flexibility index (Phi) is 4.11. The summed E-state index contributed by atoms with van der Waals surface area (Å²) in [6.07, 6.45) is 4.96. The lowest BCUT2D eigenvalue weighted by molar-refractivity contribution is 0.217. The predicted molar refractivity (Wildman–Crippen MR) is 96.4 cm³/mol. The van der Waals surface area contributed by atoms with Gasteiger partial charge in [0.1, 0.15) is 18.9 Å². The summed E-state index contributed by atoms with van der Waals surface area (Å²) in [6, 6.07) is 4.10. The number of hydrogen-bond donors (Lipinski definition) is 0. The molecule has 8 heteroatoms. The van der Waals surface area contributed by atoms with Crippen molar-refractivity contribution in [3.05, 3.63) is 34.5 Å². The van der Waals surface area contributed by atoms with E-state index in [1.165, 1.54) is 27.9 Å². The van der Waals surface area contributed by atoms with Crippen molar-refractivity contribution in [1.82, 2.24) is 25.0 Å². The van der Waals surface area contributed by atoms with E-state index in [0.717, 1.165) is 17.7 Å². The molecule has 134 valence electrons. The fourth-order valence-corrected chi connectivity index (χ4v) is 4.48. The van der Waals surface area contributed by atoms with E-state index < -0.39 is 0 Å². The molecule has 0 aliphatic heterocycles. The van der Waals surface area contributed by atoms with Crippen LogP contribution in [0.2, 0.25) is 0 Å². The molecule has 7 nitrogen and oxygen atoms in total. The van der Waals surface area contributed by atoms with Crippen LogP contribution in [0, 0.1) is 22.7 Å². The molecule has 26 heavy (non-hydrogen) atoms. The molecule has 0 bridgehead atoms. The maximum atomic E-state index is 8.78. The Morgan fingerprint density at radius 1 is 1.38 bits per heavy atom. The van der Waals surface area contributed by atoms with E-state index in [1.54, 1.807) is 11.3 Å². The summed E-state index contributed by atoms with van der Waals surface area (Å²) in [5, 5.41) is 21.1. The first-order valence-corrected chi connectivity index (χ1v) is 9.48. The molecule has 0 aromatic carbocycles. The van der Waals surface area contributed by atoms with Gasteiger partial charge in [-0.25, -0.2) is 9.67 Å². The van der Waals surface area contributed by atoms with E-state index in [9.17, 15) is 0 Å². The van der Waals surface area contributed by atoms with Crippen LogP contribution in [0.25, 0.3) is 10.8 Å². The predicted octanol–water partition coefficient (Wildman–Crippen LogP) is 3.46. The first-order valence-electron chi connectivity index (χ1n) is 8.66. The second-order valence-corrected chi connectivity index (χ2v) is 8.88. The minimum Gasteiger partial charge on any atom is -0.418 e. The van der Waals surface area contributed by atoms with Gasteiger partial charge in [0.05, 0.1) is 4.88 Å². The van der Waals surface area contributed by atoms with E-state index in [0.29, 0.717) is 29.7 Å². The molecular weight excluding hydrogens is 348 g/mol. The van der Waals surface area contributed by atoms with Crippen LogP contribution in [-0.4, -0.2) is 25.0 Å².